The topological polar surface area (TPSA) is 62.7 Å². The zero-order valence-electron chi connectivity index (χ0n) is 30.6. The van der Waals surface area contributed by atoms with Crippen molar-refractivity contribution in [2.75, 3.05) is 0 Å². The van der Waals surface area contributed by atoms with E-state index in [1.807, 2.05) is 18.2 Å². The third-order valence-corrected chi connectivity index (χ3v) is 13.1. The third-order valence-electron chi connectivity index (χ3n) is 13.1. The van der Waals surface area contributed by atoms with Crippen LogP contribution in [0.1, 0.15) is 91.9 Å². The van der Waals surface area contributed by atoms with E-state index in [9.17, 15) is 5.26 Å². The summed E-state index contributed by atoms with van der Waals surface area (Å²) >= 11 is 0. The molecule has 0 bridgehead atoms. The van der Waals surface area contributed by atoms with E-state index >= 15 is 0 Å². The van der Waals surface area contributed by atoms with Gasteiger partial charge in [-0.2, -0.15) is 5.26 Å². The molecule has 11 rings (SSSR count). The summed E-state index contributed by atoms with van der Waals surface area (Å²) in [6.07, 6.45) is 11.4. The molecular weight excluding hydrogens is 659 g/mol. The fourth-order valence-corrected chi connectivity index (χ4v) is 10.4. The van der Waals surface area contributed by atoms with Crippen LogP contribution in [0.15, 0.2) is 131 Å². The van der Waals surface area contributed by atoms with Gasteiger partial charge in [-0.1, -0.05) is 118 Å². The summed E-state index contributed by atoms with van der Waals surface area (Å²) in [4.78, 5) is 10.8. The van der Waals surface area contributed by atoms with Crippen molar-refractivity contribution < 1.29 is 4.42 Å². The number of hydrogen-bond donors (Lipinski definition) is 0. The van der Waals surface area contributed by atoms with Gasteiger partial charge in [0.1, 0.15) is 17.0 Å². The van der Waals surface area contributed by atoms with Gasteiger partial charge in [0.25, 0.3) is 0 Å². The van der Waals surface area contributed by atoms with Gasteiger partial charge in [0, 0.05) is 38.6 Å². The number of nitriles is 1. The molecular formula is C50H39N3O. The van der Waals surface area contributed by atoms with E-state index in [1.54, 1.807) is 0 Å². The van der Waals surface area contributed by atoms with Gasteiger partial charge >= 0.3 is 0 Å². The molecule has 0 saturated heterocycles. The van der Waals surface area contributed by atoms with Crippen LogP contribution in [0.5, 0.6) is 0 Å². The lowest BCUT2D eigenvalue weighted by Gasteiger charge is -2.36. The highest BCUT2D eigenvalue weighted by molar-refractivity contribution is 6.05. The molecule has 1 spiro atoms. The standard InChI is InChI=1S/C50H39N3O/c1-49(2)40-12-6-4-10-34(40)35-20-17-33(26-41(35)49)48-52-44(28-45(53-48)32-16-21-39-38-11-5-7-13-46(38)54-47(39)27-32)31-15-19-37-36-18-14-30(29-51)24-42(36)50(43(37)25-31)22-8-3-9-23-50/h4-7,10-21,24-25,27-28,33H,3,8-9,22-23,26H2,1-2H3. The molecule has 54 heavy (non-hydrogen) atoms. The number of rotatable bonds is 3. The van der Waals surface area contributed by atoms with Gasteiger partial charge in [-0.15, -0.1) is 0 Å². The van der Waals surface area contributed by atoms with Gasteiger partial charge in [-0.3, -0.25) is 0 Å². The molecule has 1 atom stereocenters. The van der Waals surface area contributed by atoms with Crippen molar-refractivity contribution >= 4 is 27.5 Å². The molecule has 0 N–H and O–H groups in total. The molecule has 2 aromatic heterocycles. The van der Waals surface area contributed by atoms with Crippen molar-refractivity contribution in [3.63, 3.8) is 0 Å². The normalized spacial score (nSPS) is 18.8. The number of allylic oxidation sites excluding steroid dienone is 4. The number of fused-ring (bicyclic) bond motifs is 10. The zero-order valence-corrected chi connectivity index (χ0v) is 30.6. The molecule has 260 valence electrons. The Morgan fingerprint density at radius 1 is 0.667 bits per heavy atom. The smallest absolute Gasteiger partial charge is 0.136 e. The van der Waals surface area contributed by atoms with Crippen LogP contribution in [0.3, 0.4) is 0 Å². The highest BCUT2D eigenvalue weighted by Gasteiger charge is 2.44. The number of benzene rings is 5. The van der Waals surface area contributed by atoms with Gasteiger partial charge in [0.2, 0.25) is 0 Å². The van der Waals surface area contributed by atoms with E-state index < -0.39 is 0 Å². The van der Waals surface area contributed by atoms with Crippen molar-refractivity contribution in [1.29, 1.82) is 5.26 Å². The van der Waals surface area contributed by atoms with Crippen LogP contribution < -0.4 is 0 Å². The lowest BCUT2D eigenvalue weighted by molar-refractivity contribution is 0.353. The van der Waals surface area contributed by atoms with Crippen LogP contribution in [-0.2, 0) is 10.8 Å². The first-order chi connectivity index (χ1) is 26.4. The predicted octanol–water partition coefficient (Wildman–Crippen LogP) is 12.6. The van der Waals surface area contributed by atoms with Gasteiger partial charge in [-0.25, -0.2) is 9.97 Å². The number of hydrogen-bond acceptors (Lipinski definition) is 4. The fraction of sp³-hybridized carbons (Fsp3) is 0.220. The van der Waals surface area contributed by atoms with E-state index in [4.69, 9.17) is 14.4 Å². The Morgan fingerprint density at radius 2 is 1.37 bits per heavy atom. The Morgan fingerprint density at radius 3 is 2.20 bits per heavy atom. The fourth-order valence-electron chi connectivity index (χ4n) is 10.4. The van der Waals surface area contributed by atoms with Gasteiger partial charge in [-0.05, 0) is 101 Å². The minimum atomic E-state index is -0.0746. The Balaban J connectivity index is 1.07. The Hall–Kier alpha value is -6.05. The maximum atomic E-state index is 9.86. The van der Waals surface area contributed by atoms with E-state index in [1.165, 1.54) is 63.8 Å². The minimum Gasteiger partial charge on any atom is -0.456 e. The molecule has 2 heterocycles. The molecule has 1 saturated carbocycles. The van der Waals surface area contributed by atoms with E-state index in [-0.39, 0.29) is 16.7 Å². The van der Waals surface area contributed by atoms with Gasteiger partial charge in [0.05, 0.1) is 23.0 Å². The molecule has 5 aromatic carbocycles. The Kier molecular flexibility index (Phi) is 6.69. The van der Waals surface area contributed by atoms with Crippen molar-refractivity contribution in [3.8, 4) is 39.7 Å². The maximum Gasteiger partial charge on any atom is 0.136 e. The van der Waals surface area contributed by atoms with Crippen molar-refractivity contribution in [3.05, 3.63) is 161 Å². The summed E-state index contributed by atoms with van der Waals surface area (Å²) < 4.78 is 6.36. The van der Waals surface area contributed by atoms with Crippen molar-refractivity contribution in [2.45, 2.75) is 69.1 Å². The molecule has 4 heteroatoms. The first-order valence-corrected chi connectivity index (χ1v) is 19.4. The summed E-state index contributed by atoms with van der Waals surface area (Å²) in [7, 11) is 0. The number of aromatic nitrogens is 2. The largest absolute Gasteiger partial charge is 0.456 e. The van der Waals surface area contributed by atoms with Crippen LogP contribution in [0.2, 0.25) is 0 Å². The average Bonchev–Trinajstić information content (AvgIpc) is 3.80. The average molecular weight is 698 g/mol. The number of furan rings is 1. The second kappa shape index (κ2) is 11.5. The lowest BCUT2D eigenvalue weighted by atomic mass is 9.67. The van der Waals surface area contributed by atoms with Crippen molar-refractivity contribution in [2.24, 2.45) is 0 Å². The number of nitrogens with zero attached hydrogens (tertiary/aromatic N) is 3. The monoisotopic (exact) mass is 697 g/mol. The van der Waals surface area contributed by atoms with Crippen LogP contribution in [0.25, 0.3) is 61.2 Å². The second-order valence-electron chi connectivity index (χ2n) is 16.3. The number of para-hydroxylation sites is 1. The lowest BCUT2D eigenvalue weighted by Crippen LogP contribution is -2.28. The molecule has 4 aliphatic carbocycles. The Bertz CT molecular complexity index is 2840. The molecule has 1 fully saturated rings. The van der Waals surface area contributed by atoms with Gasteiger partial charge in [0.15, 0.2) is 0 Å². The van der Waals surface area contributed by atoms with Crippen LogP contribution >= 0.6 is 0 Å². The first-order valence-electron chi connectivity index (χ1n) is 19.4. The quantitative estimate of drug-likeness (QED) is 0.184. The molecule has 0 amide bonds. The van der Waals surface area contributed by atoms with E-state index in [0.717, 1.165) is 75.1 Å². The van der Waals surface area contributed by atoms with Crippen LogP contribution in [0.4, 0.5) is 0 Å². The van der Waals surface area contributed by atoms with Crippen LogP contribution in [0, 0.1) is 11.3 Å². The molecule has 0 aliphatic heterocycles. The second-order valence-corrected chi connectivity index (χ2v) is 16.3. The maximum absolute atomic E-state index is 9.86. The minimum absolute atomic E-state index is 0.0405. The van der Waals surface area contributed by atoms with Crippen LogP contribution in [-0.4, -0.2) is 9.97 Å². The summed E-state index contributed by atoms with van der Waals surface area (Å²) in [5.74, 6) is 0.885. The highest BCUT2D eigenvalue weighted by Crippen LogP contribution is 2.57. The molecule has 4 aliphatic rings. The summed E-state index contributed by atoms with van der Waals surface area (Å²) in [6.45, 7) is 4.72. The summed E-state index contributed by atoms with van der Waals surface area (Å²) in [5, 5.41) is 12.1. The SMILES string of the molecule is CC1(C)C2=C(C=CC(c3nc(-c4ccc5c(c4)C4(CCCCC4)c4cc(C#N)ccc4-5)cc(-c4ccc5c(c4)oc4ccccc45)n3)C2)c2ccccc21. The molecule has 0 radical (unpaired) electrons. The predicted molar refractivity (Wildman–Crippen MR) is 217 cm³/mol. The van der Waals surface area contributed by atoms with E-state index in [2.05, 4.69) is 123 Å². The third kappa shape index (κ3) is 4.48. The van der Waals surface area contributed by atoms with Gasteiger partial charge < -0.3 is 4.42 Å². The summed E-state index contributed by atoms with van der Waals surface area (Å²) in [6, 6.07) is 41.4. The molecule has 7 aromatic rings. The van der Waals surface area contributed by atoms with Crippen molar-refractivity contribution in [1.82, 2.24) is 9.97 Å². The molecule has 1 unspecified atom stereocenters. The highest BCUT2D eigenvalue weighted by atomic mass is 16.3. The first kappa shape index (κ1) is 31.5. The zero-order chi connectivity index (χ0) is 36.2. The Labute approximate surface area is 315 Å². The summed E-state index contributed by atoms with van der Waals surface area (Å²) in [5.41, 5.74) is 17.2. The van der Waals surface area contributed by atoms with E-state index in [0.29, 0.717) is 0 Å². The molecule has 4 nitrogen and oxygen atoms in total.